The number of benzene rings is 2. The minimum atomic E-state index is -0.476. The normalized spacial score (nSPS) is 15.8. The van der Waals surface area contributed by atoms with Crippen LogP contribution in [0.1, 0.15) is 84.5 Å². The number of hydrogen-bond acceptors (Lipinski definition) is 10. The van der Waals surface area contributed by atoms with E-state index in [0.717, 1.165) is 61.5 Å². The Kier molecular flexibility index (Phi) is 14.2. The summed E-state index contributed by atoms with van der Waals surface area (Å²) in [5.74, 6) is 4.64. The molecule has 2 aromatic rings. The average Bonchev–Trinajstić information content (AvgIpc) is 3.05. The lowest BCUT2D eigenvalue weighted by atomic mass is 10.0. The summed E-state index contributed by atoms with van der Waals surface area (Å²) in [5, 5.41) is 0. The third-order valence-corrected chi connectivity index (χ3v) is 8.25. The molecule has 3 amide bonds. The van der Waals surface area contributed by atoms with Gasteiger partial charge in [-0.25, -0.2) is 20.2 Å². The number of aryl methyl sites for hydroxylation is 2. The van der Waals surface area contributed by atoms with Crippen LogP contribution in [0.25, 0.3) is 0 Å². The SMILES string of the molecule is COC(=O)c1cc(CN2CCN(C(=O)OC(C)(C)C)CC2)ccc1C.Cc1ccc(CN2CCN(C(=O)OC(C)(C)C)CC2)cc1C(=O)NN. The maximum absolute atomic E-state index is 12.1. The van der Waals surface area contributed by atoms with E-state index in [2.05, 4.69) is 15.2 Å². The van der Waals surface area contributed by atoms with Crippen molar-refractivity contribution in [1.82, 2.24) is 25.0 Å². The fraction of sp³-hybridized carbons (Fsp3) is 0.568. The van der Waals surface area contributed by atoms with Crippen LogP contribution in [0, 0.1) is 13.8 Å². The van der Waals surface area contributed by atoms with E-state index in [9.17, 15) is 19.2 Å². The van der Waals surface area contributed by atoms with Crippen molar-refractivity contribution in [3.8, 4) is 0 Å². The molecule has 0 atom stereocenters. The van der Waals surface area contributed by atoms with E-state index in [4.69, 9.17) is 20.1 Å². The molecule has 50 heavy (non-hydrogen) atoms. The zero-order chi connectivity index (χ0) is 37.2. The maximum Gasteiger partial charge on any atom is 0.410 e. The van der Waals surface area contributed by atoms with Gasteiger partial charge in [-0.1, -0.05) is 24.3 Å². The first-order valence-corrected chi connectivity index (χ1v) is 17.1. The second kappa shape index (κ2) is 17.6. The number of hydrogen-bond donors (Lipinski definition) is 2. The molecule has 0 aliphatic carbocycles. The summed E-state index contributed by atoms with van der Waals surface area (Å²) >= 11 is 0. The molecular formula is C37H56N6O7. The molecule has 4 rings (SSSR count). The van der Waals surface area contributed by atoms with Gasteiger partial charge in [0.05, 0.1) is 12.7 Å². The zero-order valence-electron chi connectivity index (χ0n) is 31.3. The van der Waals surface area contributed by atoms with E-state index in [1.807, 2.05) is 91.8 Å². The Morgan fingerprint density at radius 3 is 1.40 bits per heavy atom. The van der Waals surface area contributed by atoms with Crippen molar-refractivity contribution in [2.24, 2.45) is 5.84 Å². The second-order valence-electron chi connectivity index (χ2n) is 14.8. The maximum atomic E-state index is 12.1. The summed E-state index contributed by atoms with van der Waals surface area (Å²) in [6, 6.07) is 11.7. The first-order valence-electron chi connectivity index (χ1n) is 17.1. The number of ether oxygens (including phenoxy) is 3. The Hall–Kier alpha value is -4.20. The van der Waals surface area contributed by atoms with Gasteiger partial charge >= 0.3 is 18.2 Å². The topological polar surface area (TPSA) is 147 Å². The molecule has 2 fully saturated rings. The number of carbonyl (C=O) groups is 4. The van der Waals surface area contributed by atoms with Gasteiger partial charge in [0.25, 0.3) is 5.91 Å². The van der Waals surface area contributed by atoms with E-state index in [1.165, 1.54) is 7.11 Å². The lowest BCUT2D eigenvalue weighted by molar-refractivity contribution is 0.0129. The van der Waals surface area contributed by atoms with Crippen molar-refractivity contribution >= 4 is 24.1 Å². The monoisotopic (exact) mass is 696 g/mol. The summed E-state index contributed by atoms with van der Waals surface area (Å²) in [6.45, 7) is 22.1. The number of piperazine rings is 2. The highest BCUT2D eigenvalue weighted by Crippen LogP contribution is 2.18. The third-order valence-electron chi connectivity index (χ3n) is 8.25. The predicted molar refractivity (Wildman–Crippen MR) is 192 cm³/mol. The molecule has 0 saturated carbocycles. The molecule has 0 aromatic heterocycles. The van der Waals surface area contributed by atoms with Gasteiger partial charge < -0.3 is 24.0 Å². The first-order chi connectivity index (χ1) is 23.4. The quantitative estimate of drug-likeness (QED) is 0.146. The van der Waals surface area contributed by atoms with Crippen molar-refractivity contribution in [3.05, 3.63) is 69.8 Å². The summed E-state index contributed by atoms with van der Waals surface area (Å²) in [4.78, 5) is 55.8. The number of carbonyl (C=O) groups excluding carboxylic acids is 4. The van der Waals surface area contributed by atoms with Gasteiger partial charge in [-0.2, -0.15) is 0 Å². The summed E-state index contributed by atoms with van der Waals surface area (Å²) in [5.41, 5.74) is 6.34. The van der Waals surface area contributed by atoms with Crippen LogP contribution in [0.4, 0.5) is 9.59 Å². The van der Waals surface area contributed by atoms with Crippen LogP contribution in [-0.2, 0) is 27.3 Å². The van der Waals surface area contributed by atoms with E-state index in [0.29, 0.717) is 37.3 Å². The van der Waals surface area contributed by atoms with Crippen molar-refractivity contribution in [2.45, 2.75) is 79.7 Å². The molecular weight excluding hydrogens is 640 g/mol. The van der Waals surface area contributed by atoms with Crippen LogP contribution in [0.5, 0.6) is 0 Å². The minimum absolute atomic E-state index is 0.254. The molecule has 3 N–H and O–H groups in total. The molecule has 0 radical (unpaired) electrons. The average molecular weight is 697 g/mol. The molecule has 2 saturated heterocycles. The number of rotatable bonds is 6. The summed E-state index contributed by atoms with van der Waals surface area (Å²) in [7, 11) is 1.39. The van der Waals surface area contributed by atoms with Gasteiger partial charge in [-0.05, 0) is 89.8 Å². The third kappa shape index (κ3) is 12.6. The van der Waals surface area contributed by atoms with Gasteiger partial charge in [0.1, 0.15) is 11.2 Å². The van der Waals surface area contributed by atoms with Crippen LogP contribution in [0.3, 0.4) is 0 Å². The van der Waals surface area contributed by atoms with E-state index < -0.39 is 11.2 Å². The Labute approximate surface area is 296 Å². The number of nitrogen functional groups attached to an aromatic ring is 1. The fourth-order valence-corrected chi connectivity index (χ4v) is 5.53. The number of amides is 3. The Bertz CT molecular complexity index is 1370. The van der Waals surface area contributed by atoms with Crippen molar-refractivity contribution < 1.29 is 33.4 Å². The molecule has 0 spiro atoms. The van der Waals surface area contributed by atoms with Crippen LogP contribution in [-0.4, -0.2) is 114 Å². The van der Waals surface area contributed by atoms with Gasteiger partial charge in [-0.15, -0.1) is 0 Å². The largest absolute Gasteiger partial charge is 0.465 e. The minimum Gasteiger partial charge on any atom is -0.465 e. The molecule has 0 bridgehead atoms. The molecule has 2 aromatic carbocycles. The number of nitrogens with two attached hydrogens (primary N) is 1. The van der Waals surface area contributed by atoms with Gasteiger partial charge in [0.15, 0.2) is 0 Å². The number of nitrogens with zero attached hydrogens (tertiary/aromatic N) is 4. The summed E-state index contributed by atoms with van der Waals surface area (Å²) in [6.07, 6.45) is -0.514. The fourth-order valence-electron chi connectivity index (χ4n) is 5.53. The number of esters is 1. The Morgan fingerprint density at radius 2 is 1.04 bits per heavy atom. The van der Waals surface area contributed by atoms with Crippen LogP contribution in [0.15, 0.2) is 36.4 Å². The van der Waals surface area contributed by atoms with Crippen LogP contribution >= 0.6 is 0 Å². The standard InChI is InChI=1S/C19H28N2O4.C18H28N4O3/c1-14-6-7-15(12-16(14)17(22)24-5)13-20-8-10-21(11-9-20)18(23)25-19(2,3)4;1-13-5-6-14(11-15(13)16(23)20-19)12-21-7-9-22(10-8-21)17(24)25-18(2,3)4/h6-7,12H,8-11,13H2,1-5H3;5-6,11H,7-10,12,19H2,1-4H3,(H,20,23). The van der Waals surface area contributed by atoms with E-state index in [-0.39, 0.29) is 24.1 Å². The molecule has 2 aliphatic heterocycles. The van der Waals surface area contributed by atoms with Crippen molar-refractivity contribution in [2.75, 3.05) is 59.5 Å². The molecule has 2 heterocycles. The highest BCUT2D eigenvalue weighted by atomic mass is 16.6. The lowest BCUT2D eigenvalue weighted by Crippen LogP contribution is -2.49. The predicted octanol–water partition coefficient (Wildman–Crippen LogP) is 4.49. The summed E-state index contributed by atoms with van der Waals surface area (Å²) < 4.78 is 15.7. The highest BCUT2D eigenvalue weighted by molar-refractivity contribution is 5.95. The molecule has 13 nitrogen and oxygen atoms in total. The van der Waals surface area contributed by atoms with Crippen molar-refractivity contribution in [1.29, 1.82) is 0 Å². The first kappa shape index (κ1) is 40.2. The van der Waals surface area contributed by atoms with Crippen LogP contribution in [0.2, 0.25) is 0 Å². The molecule has 2 aliphatic rings. The number of methoxy groups -OCH3 is 1. The van der Waals surface area contributed by atoms with E-state index in [1.54, 1.807) is 9.80 Å². The second-order valence-corrected chi connectivity index (χ2v) is 14.8. The zero-order valence-corrected chi connectivity index (χ0v) is 31.3. The van der Waals surface area contributed by atoms with Gasteiger partial charge in [0, 0.05) is 71.0 Å². The van der Waals surface area contributed by atoms with Gasteiger partial charge in [-0.3, -0.25) is 20.0 Å². The van der Waals surface area contributed by atoms with Gasteiger partial charge in [0.2, 0.25) is 0 Å². The van der Waals surface area contributed by atoms with Crippen LogP contribution < -0.4 is 11.3 Å². The van der Waals surface area contributed by atoms with E-state index >= 15 is 0 Å². The number of nitrogens with one attached hydrogen (secondary N) is 1. The lowest BCUT2D eigenvalue weighted by Gasteiger charge is -2.35. The smallest absolute Gasteiger partial charge is 0.410 e. The Morgan fingerprint density at radius 1 is 0.660 bits per heavy atom. The highest BCUT2D eigenvalue weighted by Gasteiger charge is 2.27. The van der Waals surface area contributed by atoms with Crippen molar-refractivity contribution in [3.63, 3.8) is 0 Å². The molecule has 0 unspecified atom stereocenters. The Balaban J connectivity index is 0.000000270. The molecule has 13 heteroatoms. The number of hydrazine groups is 1. The molecule has 276 valence electrons.